The molecule has 7 heteroatoms. The largest absolute Gasteiger partial charge is 0.417 e. The summed E-state index contributed by atoms with van der Waals surface area (Å²) in [6.45, 7) is 0. The lowest BCUT2D eigenvalue weighted by Crippen LogP contribution is -2.15. The maximum absolute atomic E-state index is 12.1. The number of rotatable bonds is 3. The Hall–Kier alpha value is -3.19. The molecule has 0 saturated carbocycles. The third-order valence-corrected chi connectivity index (χ3v) is 6.71. The lowest BCUT2D eigenvalue weighted by molar-refractivity contribution is -0.162. The molecule has 0 amide bonds. The van der Waals surface area contributed by atoms with Crippen LogP contribution in [0.3, 0.4) is 0 Å². The fourth-order valence-electron chi connectivity index (χ4n) is 3.06. The zero-order chi connectivity index (χ0) is 23.9. The lowest BCUT2D eigenvalue weighted by atomic mass is 10.1. The molecule has 0 bridgehead atoms. The summed E-state index contributed by atoms with van der Waals surface area (Å²) in [6.07, 6.45) is -9.96. The molecule has 0 saturated heterocycles. The predicted octanol–water partition coefficient (Wildman–Crippen LogP) is 8.51. The summed E-state index contributed by atoms with van der Waals surface area (Å²) < 4.78 is 72.5. The van der Waals surface area contributed by atoms with Crippen molar-refractivity contribution in [2.75, 3.05) is 0 Å². The van der Waals surface area contributed by atoms with Gasteiger partial charge in [-0.25, -0.2) is 0 Å². The molecule has 33 heavy (non-hydrogen) atoms. The van der Waals surface area contributed by atoms with E-state index in [1.807, 2.05) is 0 Å². The van der Waals surface area contributed by atoms with Crippen molar-refractivity contribution in [2.24, 2.45) is 0 Å². The summed E-state index contributed by atoms with van der Waals surface area (Å²) >= 11 is 0. The Labute approximate surface area is 190 Å². The van der Waals surface area contributed by atoms with Crippen LogP contribution >= 0.6 is 0 Å². The minimum Gasteiger partial charge on any atom is -0.166 e. The Bertz CT molecular complexity index is 997. The Morgan fingerprint density at radius 1 is 0.364 bits per heavy atom. The molecule has 0 aliphatic heterocycles. The van der Waals surface area contributed by atoms with E-state index in [4.69, 9.17) is 0 Å². The van der Waals surface area contributed by atoms with Crippen LogP contribution < -0.4 is 0 Å². The molecule has 0 aliphatic rings. The van der Waals surface area contributed by atoms with E-state index in [1.54, 1.807) is 0 Å². The molecular weight excluding hydrogens is 458 g/mol. The summed E-state index contributed by atoms with van der Waals surface area (Å²) in [7, 11) is -0.0146. The molecule has 0 aromatic heterocycles. The molecule has 4 rings (SSSR count). The number of benzene rings is 4. The molecule has 0 aliphatic carbocycles. The highest BCUT2D eigenvalue weighted by molar-refractivity contribution is 7.97. The molecule has 0 N–H and O–H groups in total. The quantitative estimate of drug-likeness (QED) is 0.205. The van der Waals surface area contributed by atoms with Gasteiger partial charge in [0, 0.05) is 0 Å². The van der Waals surface area contributed by atoms with Gasteiger partial charge in [0.05, 0.1) is 22.0 Å². The molecule has 4 aromatic rings. The summed E-state index contributed by atoms with van der Waals surface area (Å²) in [4.78, 5) is 4.08. The number of hydrogen-bond donors (Lipinski definition) is 0. The second-order valence-corrected chi connectivity index (χ2v) is 8.81. The second kappa shape index (κ2) is 10.6. The van der Waals surface area contributed by atoms with Gasteiger partial charge < -0.3 is 0 Å². The van der Waals surface area contributed by atoms with Crippen molar-refractivity contribution >= 4 is 10.9 Å². The molecule has 0 unspecified atom stereocenters. The van der Waals surface area contributed by atoms with E-state index in [9.17, 15) is 26.3 Å². The van der Waals surface area contributed by atoms with Crippen LogP contribution in [0.25, 0.3) is 0 Å². The fraction of sp³-hybridized carbons (Fsp3) is 0.0769. The topological polar surface area (TPSA) is 0 Å². The Balaban J connectivity index is 0.000000196. The normalized spacial score (nSPS) is 11.6. The molecule has 0 atom stereocenters. The fourth-order valence-corrected chi connectivity index (χ4v) is 5.16. The van der Waals surface area contributed by atoms with Crippen molar-refractivity contribution in [1.82, 2.24) is 0 Å². The molecule has 170 valence electrons. The Morgan fingerprint density at radius 3 is 0.848 bits per heavy atom. The molecule has 0 radical (unpaired) electrons. The first-order valence-electron chi connectivity index (χ1n) is 9.81. The first kappa shape index (κ1) is 24.5. The average Bonchev–Trinajstić information content (AvgIpc) is 2.81. The third-order valence-electron chi connectivity index (χ3n) is 4.47. The third kappa shape index (κ3) is 6.65. The zero-order valence-electron chi connectivity index (χ0n) is 17.1. The van der Waals surface area contributed by atoms with Crippen LogP contribution in [0, 0.1) is 0 Å². The first-order valence-corrected chi connectivity index (χ1v) is 11.0. The smallest absolute Gasteiger partial charge is 0.166 e. The van der Waals surface area contributed by atoms with Crippen molar-refractivity contribution in [3.05, 3.63) is 126 Å². The molecule has 0 spiro atoms. The van der Waals surface area contributed by atoms with E-state index in [0.717, 1.165) is 12.1 Å². The van der Waals surface area contributed by atoms with Gasteiger partial charge in [0.1, 0.15) is 0 Å². The van der Waals surface area contributed by atoms with Gasteiger partial charge in [-0.3, -0.25) is 0 Å². The SMILES string of the molecule is FC(F)(F)c1ccccc1C(F)(F)F.c1ccc([S+](c2ccccc2)c2ccccc2)cc1. The van der Waals surface area contributed by atoms with Gasteiger partial charge in [-0.15, -0.1) is 0 Å². The minimum absolute atomic E-state index is 0.0146. The highest BCUT2D eigenvalue weighted by Gasteiger charge is 2.42. The Morgan fingerprint density at radius 2 is 0.606 bits per heavy atom. The average molecular weight is 477 g/mol. The molecule has 4 aromatic carbocycles. The van der Waals surface area contributed by atoms with E-state index in [0.29, 0.717) is 12.1 Å². The highest BCUT2D eigenvalue weighted by atomic mass is 32.2. The van der Waals surface area contributed by atoms with E-state index in [-0.39, 0.29) is 10.9 Å². The van der Waals surface area contributed by atoms with E-state index in [1.165, 1.54) is 14.7 Å². The standard InChI is InChI=1S/C18H15S.C8H4F6/c1-4-10-16(11-5-1)19(17-12-6-2-7-13-17)18-14-8-3-9-15-18;9-7(10,11)5-3-1-2-4-6(5)8(12,13)14/h1-15H;1-4H/q+1;. The molecule has 0 nitrogen and oxygen atoms in total. The van der Waals surface area contributed by atoms with Crippen LogP contribution in [-0.4, -0.2) is 0 Å². The van der Waals surface area contributed by atoms with Gasteiger partial charge in [-0.05, 0) is 48.5 Å². The molecular formula is C26H19F6S+. The van der Waals surface area contributed by atoms with Crippen LogP contribution in [0.1, 0.15) is 11.1 Å². The monoisotopic (exact) mass is 477 g/mol. The van der Waals surface area contributed by atoms with Crippen molar-refractivity contribution in [3.63, 3.8) is 0 Å². The number of alkyl halides is 6. The van der Waals surface area contributed by atoms with E-state index < -0.39 is 23.5 Å². The lowest BCUT2D eigenvalue weighted by Gasteiger charge is -2.14. The zero-order valence-corrected chi connectivity index (χ0v) is 18.0. The molecule has 0 fully saturated rings. The van der Waals surface area contributed by atoms with Crippen molar-refractivity contribution in [1.29, 1.82) is 0 Å². The number of halogens is 6. The van der Waals surface area contributed by atoms with Gasteiger partial charge >= 0.3 is 12.4 Å². The van der Waals surface area contributed by atoms with Gasteiger partial charge in [0.15, 0.2) is 14.7 Å². The predicted molar refractivity (Wildman–Crippen MR) is 118 cm³/mol. The van der Waals surface area contributed by atoms with Gasteiger partial charge in [0.2, 0.25) is 0 Å². The van der Waals surface area contributed by atoms with Crippen LogP contribution in [0.15, 0.2) is 130 Å². The van der Waals surface area contributed by atoms with Crippen molar-refractivity contribution in [3.8, 4) is 0 Å². The maximum atomic E-state index is 12.1. The first-order chi connectivity index (χ1) is 15.7. The Kier molecular flexibility index (Phi) is 7.87. The van der Waals surface area contributed by atoms with Crippen molar-refractivity contribution in [2.45, 2.75) is 27.0 Å². The number of hydrogen-bond acceptors (Lipinski definition) is 0. The highest BCUT2D eigenvalue weighted by Crippen LogP contribution is 2.39. The second-order valence-electron chi connectivity index (χ2n) is 6.79. The summed E-state index contributed by atoms with van der Waals surface area (Å²) in [5, 5.41) is 0. The summed E-state index contributed by atoms with van der Waals surface area (Å²) in [5.41, 5.74) is -3.32. The maximum Gasteiger partial charge on any atom is 0.417 e. The van der Waals surface area contributed by atoms with Gasteiger partial charge in [-0.2, -0.15) is 26.3 Å². The van der Waals surface area contributed by atoms with Crippen molar-refractivity contribution < 1.29 is 26.3 Å². The van der Waals surface area contributed by atoms with Crippen LogP contribution in [-0.2, 0) is 23.2 Å². The van der Waals surface area contributed by atoms with Crippen LogP contribution in [0.5, 0.6) is 0 Å². The summed E-state index contributed by atoms with van der Waals surface area (Å²) in [6, 6.07) is 34.8. The van der Waals surface area contributed by atoms with Gasteiger partial charge in [-0.1, -0.05) is 66.7 Å². The molecule has 0 heterocycles. The van der Waals surface area contributed by atoms with Crippen LogP contribution in [0.2, 0.25) is 0 Å². The van der Waals surface area contributed by atoms with E-state index in [2.05, 4.69) is 91.0 Å². The van der Waals surface area contributed by atoms with Gasteiger partial charge in [0.25, 0.3) is 0 Å². The van der Waals surface area contributed by atoms with Crippen LogP contribution in [0.4, 0.5) is 26.3 Å². The minimum atomic E-state index is -4.98. The summed E-state index contributed by atoms with van der Waals surface area (Å²) in [5.74, 6) is 0. The van der Waals surface area contributed by atoms with E-state index >= 15 is 0 Å².